The van der Waals surface area contributed by atoms with Gasteiger partial charge in [-0.3, -0.25) is 29.6 Å². The van der Waals surface area contributed by atoms with E-state index in [9.17, 15) is 19.2 Å². The van der Waals surface area contributed by atoms with E-state index in [1.807, 2.05) is 0 Å². The van der Waals surface area contributed by atoms with Crippen LogP contribution in [0, 0.1) is 12.8 Å². The number of nitrogens with one attached hydrogen (secondary N) is 2. The van der Waals surface area contributed by atoms with Crippen molar-refractivity contribution in [1.29, 1.82) is 0 Å². The zero-order chi connectivity index (χ0) is 24.3. The van der Waals surface area contributed by atoms with Gasteiger partial charge in [0.15, 0.2) is 6.61 Å². The van der Waals surface area contributed by atoms with E-state index in [4.69, 9.17) is 39.5 Å². The van der Waals surface area contributed by atoms with Gasteiger partial charge in [0, 0.05) is 21.6 Å². The molecule has 1 atom stereocenters. The van der Waals surface area contributed by atoms with Gasteiger partial charge in [0.2, 0.25) is 5.91 Å². The molecule has 1 saturated heterocycles. The van der Waals surface area contributed by atoms with Crippen LogP contribution in [-0.4, -0.2) is 41.9 Å². The van der Waals surface area contributed by atoms with Crippen molar-refractivity contribution in [1.82, 2.24) is 10.4 Å². The topological polar surface area (TPSA) is 105 Å². The van der Waals surface area contributed by atoms with Gasteiger partial charge in [-0.25, -0.2) is 0 Å². The molecule has 8 nitrogen and oxygen atoms in total. The largest absolute Gasteiger partial charge is 0.455 e. The van der Waals surface area contributed by atoms with Crippen LogP contribution in [0.2, 0.25) is 15.1 Å². The zero-order valence-electron chi connectivity index (χ0n) is 17.1. The molecule has 2 aromatic carbocycles. The van der Waals surface area contributed by atoms with Crippen molar-refractivity contribution in [2.75, 3.05) is 18.5 Å². The Hall–Kier alpha value is -2.33. The Labute approximate surface area is 212 Å². The number of hydrogen-bond acceptors (Lipinski definition) is 5. The van der Waals surface area contributed by atoms with Gasteiger partial charge in [0.05, 0.1) is 28.1 Å². The first-order valence-electron chi connectivity index (χ1n) is 9.53. The molecule has 1 heterocycles. The van der Waals surface area contributed by atoms with Crippen LogP contribution in [0.5, 0.6) is 0 Å². The number of anilines is 1. The summed E-state index contributed by atoms with van der Waals surface area (Å²) in [5, 5.41) is 4.54. The third-order valence-corrected chi connectivity index (χ3v) is 6.50. The van der Waals surface area contributed by atoms with Gasteiger partial charge in [-0.15, -0.1) is 0 Å². The van der Waals surface area contributed by atoms with E-state index >= 15 is 0 Å². The third kappa shape index (κ3) is 6.38. The van der Waals surface area contributed by atoms with Crippen molar-refractivity contribution in [3.8, 4) is 0 Å². The van der Waals surface area contributed by atoms with E-state index in [-0.39, 0.29) is 23.6 Å². The highest BCUT2D eigenvalue weighted by atomic mass is 79.9. The number of ether oxygens (including phenoxy) is 1. The van der Waals surface area contributed by atoms with E-state index in [0.717, 1.165) is 10.6 Å². The Kier molecular flexibility index (Phi) is 8.23. The van der Waals surface area contributed by atoms with Crippen molar-refractivity contribution in [3.05, 3.63) is 61.0 Å². The molecule has 1 fully saturated rings. The number of halogens is 4. The summed E-state index contributed by atoms with van der Waals surface area (Å²) >= 11 is 21.2. The molecule has 2 N–H and O–H groups in total. The van der Waals surface area contributed by atoms with Gasteiger partial charge in [0.25, 0.3) is 11.8 Å². The molecule has 1 aliphatic rings. The first kappa shape index (κ1) is 25.3. The van der Waals surface area contributed by atoms with Crippen LogP contribution in [-0.2, 0) is 19.1 Å². The number of hydrogen-bond donors (Lipinski definition) is 2. The number of rotatable bonds is 6. The summed E-state index contributed by atoms with van der Waals surface area (Å²) in [6.45, 7) is 1.15. The van der Waals surface area contributed by atoms with Crippen molar-refractivity contribution in [3.63, 3.8) is 0 Å². The highest BCUT2D eigenvalue weighted by Crippen LogP contribution is 2.29. The molecule has 33 heavy (non-hydrogen) atoms. The lowest BCUT2D eigenvalue weighted by Gasteiger charge is -2.18. The Morgan fingerprint density at radius 1 is 1.15 bits per heavy atom. The second-order valence-electron chi connectivity index (χ2n) is 7.21. The van der Waals surface area contributed by atoms with Crippen LogP contribution in [0.3, 0.4) is 0 Å². The van der Waals surface area contributed by atoms with Gasteiger partial charge in [0.1, 0.15) is 0 Å². The predicted molar refractivity (Wildman–Crippen MR) is 127 cm³/mol. The molecule has 0 aliphatic carbocycles. The average molecular weight is 578 g/mol. The van der Waals surface area contributed by atoms with E-state index in [1.165, 1.54) is 18.2 Å². The number of benzene rings is 2. The number of hydrazine groups is 1. The fourth-order valence-corrected chi connectivity index (χ4v) is 4.17. The first-order chi connectivity index (χ1) is 15.5. The molecule has 1 aliphatic heterocycles. The number of carbonyl (C=O) groups is 4. The van der Waals surface area contributed by atoms with Crippen molar-refractivity contribution < 1.29 is 23.9 Å². The molecule has 0 bridgehead atoms. The Morgan fingerprint density at radius 2 is 1.88 bits per heavy atom. The second-order valence-corrected chi connectivity index (χ2v) is 9.31. The van der Waals surface area contributed by atoms with Crippen LogP contribution < -0.4 is 10.7 Å². The molecule has 0 aromatic heterocycles. The smallest absolute Gasteiger partial charge is 0.311 e. The summed E-state index contributed by atoms with van der Waals surface area (Å²) < 4.78 is 5.74. The fraction of sp³-hybridized carbons (Fsp3) is 0.238. The summed E-state index contributed by atoms with van der Waals surface area (Å²) in [7, 11) is 0. The molecule has 12 heteroatoms. The van der Waals surface area contributed by atoms with Crippen molar-refractivity contribution in [2.45, 2.75) is 13.3 Å². The minimum absolute atomic E-state index is 0.0995. The SMILES string of the molecule is Cc1cc(Br)c(Cl)cc1NC(=O)COC(=O)[C@H]1CC(=O)N(NC(=O)c2ccc(Cl)cc2Cl)C1. The highest BCUT2D eigenvalue weighted by Gasteiger charge is 2.37. The van der Waals surface area contributed by atoms with Crippen LogP contribution in [0.1, 0.15) is 22.3 Å². The van der Waals surface area contributed by atoms with Crippen LogP contribution >= 0.6 is 50.7 Å². The standard InChI is InChI=1S/C21H17BrCl3N3O5/c1-10-4-14(22)16(25)7-17(10)26-18(29)9-33-21(32)11-5-19(30)28(8-11)27-20(31)13-3-2-12(23)6-15(13)24/h2-4,6-7,11H,5,8-9H2,1H3,(H,26,29)(H,27,31)/t11-/m0/s1. The minimum atomic E-state index is -0.838. The van der Waals surface area contributed by atoms with Crippen molar-refractivity contribution in [2.24, 2.45) is 5.92 Å². The zero-order valence-corrected chi connectivity index (χ0v) is 20.9. The maximum Gasteiger partial charge on any atom is 0.311 e. The van der Waals surface area contributed by atoms with E-state index in [1.54, 1.807) is 19.1 Å². The number of nitrogens with zero attached hydrogens (tertiary/aromatic N) is 1. The van der Waals surface area contributed by atoms with Gasteiger partial charge in [-0.1, -0.05) is 34.8 Å². The molecular weight excluding hydrogens is 561 g/mol. The Bertz CT molecular complexity index is 1140. The summed E-state index contributed by atoms with van der Waals surface area (Å²) in [6.07, 6.45) is -0.170. The number of aryl methyl sites for hydroxylation is 1. The summed E-state index contributed by atoms with van der Waals surface area (Å²) in [5.74, 6) is -3.22. The molecule has 2 aromatic rings. The van der Waals surface area contributed by atoms with Gasteiger partial charge in [-0.05, 0) is 58.7 Å². The lowest BCUT2D eigenvalue weighted by atomic mass is 10.1. The van der Waals surface area contributed by atoms with Crippen molar-refractivity contribution >= 4 is 80.1 Å². The predicted octanol–water partition coefficient (Wildman–Crippen LogP) is 4.39. The molecule has 174 valence electrons. The van der Waals surface area contributed by atoms with Crippen LogP contribution in [0.15, 0.2) is 34.8 Å². The molecular formula is C21H17BrCl3N3O5. The summed E-state index contributed by atoms with van der Waals surface area (Å²) in [5.41, 5.74) is 3.79. The first-order valence-corrected chi connectivity index (χ1v) is 11.5. The quantitative estimate of drug-likeness (QED) is 0.496. The number of carbonyl (C=O) groups excluding carboxylic acids is 4. The van der Waals surface area contributed by atoms with Crippen LogP contribution in [0.25, 0.3) is 0 Å². The van der Waals surface area contributed by atoms with E-state index in [2.05, 4.69) is 26.7 Å². The minimum Gasteiger partial charge on any atom is -0.455 e. The third-order valence-electron chi connectivity index (χ3n) is 4.76. The molecule has 3 rings (SSSR count). The summed E-state index contributed by atoms with van der Waals surface area (Å²) in [4.78, 5) is 49.1. The van der Waals surface area contributed by atoms with E-state index in [0.29, 0.717) is 20.2 Å². The molecule has 0 radical (unpaired) electrons. The molecule has 3 amide bonds. The number of esters is 1. The van der Waals surface area contributed by atoms with Crippen LogP contribution in [0.4, 0.5) is 5.69 Å². The maximum atomic E-state index is 12.4. The maximum absolute atomic E-state index is 12.4. The van der Waals surface area contributed by atoms with E-state index < -0.39 is 36.2 Å². The van der Waals surface area contributed by atoms with Gasteiger partial charge < -0.3 is 10.1 Å². The number of amides is 3. The Morgan fingerprint density at radius 3 is 2.58 bits per heavy atom. The average Bonchev–Trinajstić information content (AvgIpc) is 3.10. The van der Waals surface area contributed by atoms with Gasteiger partial charge in [-0.2, -0.15) is 0 Å². The second kappa shape index (κ2) is 10.7. The summed E-state index contributed by atoms with van der Waals surface area (Å²) in [6, 6.07) is 7.63. The molecule has 0 spiro atoms. The van der Waals surface area contributed by atoms with Gasteiger partial charge >= 0.3 is 5.97 Å². The molecule has 0 unspecified atom stereocenters. The fourth-order valence-electron chi connectivity index (χ4n) is 3.05. The lowest BCUT2D eigenvalue weighted by Crippen LogP contribution is -2.43. The highest BCUT2D eigenvalue weighted by molar-refractivity contribution is 9.10. The molecule has 0 saturated carbocycles. The normalized spacial score (nSPS) is 15.4. The Balaban J connectivity index is 1.52. The lowest BCUT2D eigenvalue weighted by molar-refractivity contribution is -0.151. The monoisotopic (exact) mass is 575 g/mol.